The first-order valence-corrected chi connectivity index (χ1v) is 4.30. The summed E-state index contributed by atoms with van der Waals surface area (Å²) in [5.41, 5.74) is 0. The third-order valence-corrected chi connectivity index (χ3v) is 2.46. The number of hydrogen-bond acceptors (Lipinski definition) is 3. The van der Waals surface area contributed by atoms with Crippen LogP contribution in [-0.4, -0.2) is 19.6 Å². The van der Waals surface area contributed by atoms with Crippen LogP contribution in [0.5, 0.6) is 0 Å². The van der Waals surface area contributed by atoms with Crippen LogP contribution in [0.1, 0.15) is 6.92 Å². The van der Waals surface area contributed by atoms with Crippen LogP contribution in [0.15, 0.2) is 0 Å². The van der Waals surface area contributed by atoms with Crippen molar-refractivity contribution in [1.29, 1.82) is 5.41 Å². The molecular formula is C4H11N2O2P. The van der Waals surface area contributed by atoms with Gasteiger partial charge in [0.05, 0.1) is 5.96 Å². The van der Waals surface area contributed by atoms with Crippen LogP contribution in [0.2, 0.25) is 0 Å². The van der Waals surface area contributed by atoms with E-state index in [1.54, 1.807) is 6.92 Å². The third-order valence-electron chi connectivity index (χ3n) is 0.820. The molecule has 0 rings (SSSR count). The molecule has 0 radical (unpaired) electrons. The zero-order chi connectivity index (χ0) is 7.33. The van der Waals surface area contributed by atoms with Gasteiger partial charge < -0.3 is 9.93 Å². The summed E-state index contributed by atoms with van der Waals surface area (Å²) in [5.74, 6) is 0.802. The Labute approximate surface area is 54.6 Å². The number of rotatable bonds is 4. The van der Waals surface area contributed by atoms with Crippen molar-refractivity contribution in [3.05, 3.63) is 0 Å². The molecule has 0 bridgehead atoms. The van der Waals surface area contributed by atoms with E-state index in [-0.39, 0.29) is 0 Å². The van der Waals surface area contributed by atoms with E-state index in [4.69, 9.17) is 5.41 Å². The average molecular weight is 150 g/mol. The highest BCUT2D eigenvalue weighted by Crippen LogP contribution is 2.36. The van der Waals surface area contributed by atoms with Gasteiger partial charge in [0.25, 0.3) is 0 Å². The molecule has 0 saturated carbocycles. The molecule has 9 heavy (non-hydrogen) atoms. The molecule has 0 aromatic heterocycles. The molecule has 1 atom stereocenters. The van der Waals surface area contributed by atoms with Gasteiger partial charge in [-0.1, -0.05) is 6.92 Å². The Bertz CT molecular complexity index is 137. The van der Waals surface area contributed by atoms with E-state index in [2.05, 4.69) is 9.61 Å². The molecule has 0 aliphatic heterocycles. The van der Waals surface area contributed by atoms with E-state index in [1.807, 2.05) is 0 Å². The molecule has 5 heteroatoms. The summed E-state index contributed by atoms with van der Waals surface area (Å²) in [6.45, 7) is 2.34. The van der Waals surface area contributed by atoms with Gasteiger partial charge in [-0.3, -0.25) is 4.57 Å². The fourth-order valence-electron chi connectivity index (χ4n) is 0.383. The van der Waals surface area contributed by atoms with Crippen molar-refractivity contribution in [3.8, 4) is 0 Å². The van der Waals surface area contributed by atoms with Gasteiger partial charge in [0.2, 0.25) is 0 Å². The molecule has 0 spiro atoms. The molecule has 0 heterocycles. The quantitative estimate of drug-likeness (QED) is 0.465. The van der Waals surface area contributed by atoms with Gasteiger partial charge in [-0.05, 0) is 0 Å². The second kappa shape index (κ2) is 3.77. The lowest BCUT2D eigenvalue weighted by atomic mass is 10.8. The van der Waals surface area contributed by atoms with Gasteiger partial charge in [-0.15, -0.1) is 0 Å². The first-order valence-electron chi connectivity index (χ1n) is 2.60. The predicted octanol–water partition coefficient (Wildman–Crippen LogP) is 1.04. The maximum atomic E-state index is 11.0. The highest BCUT2D eigenvalue weighted by Gasteiger charge is 2.14. The molecule has 2 N–H and O–H groups in total. The van der Waals surface area contributed by atoms with Crippen molar-refractivity contribution in [2.24, 2.45) is 0 Å². The SMILES string of the molecule is CCNP(=O)(C=N)OC. The monoisotopic (exact) mass is 150 g/mol. The summed E-state index contributed by atoms with van der Waals surface area (Å²) in [6, 6.07) is 0. The second-order valence-electron chi connectivity index (χ2n) is 1.42. The fourth-order valence-corrected chi connectivity index (χ4v) is 1.15. The van der Waals surface area contributed by atoms with Gasteiger partial charge in [0.15, 0.2) is 0 Å². The lowest BCUT2D eigenvalue weighted by molar-refractivity contribution is 0.396. The molecule has 0 aliphatic carbocycles. The highest BCUT2D eigenvalue weighted by atomic mass is 31.2. The Balaban J connectivity index is 3.93. The van der Waals surface area contributed by atoms with E-state index in [0.717, 1.165) is 5.96 Å². The summed E-state index contributed by atoms with van der Waals surface area (Å²) in [6.07, 6.45) is 0. The van der Waals surface area contributed by atoms with Crippen molar-refractivity contribution in [2.75, 3.05) is 13.7 Å². The maximum absolute atomic E-state index is 11.0. The van der Waals surface area contributed by atoms with Gasteiger partial charge in [-0.2, -0.15) is 0 Å². The molecule has 54 valence electrons. The summed E-state index contributed by atoms with van der Waals surface area (Å²) >= 11 is 0. The van der Waals surface area contributed by atoms with Crippen molar-refractivity contribution >= 4 is 13.5 Å². The van der Waals surface area contributed by atoms with Crippen molar-refractivity contribution in [3.63, 3.8) is 0 Å². The van der Waals surface area contributed by atoms with Crippen molar-refractivity contribution in [2.45, 2.75) is 6.92 Å². The lowest BCUT2D eigenvalue weighted by Gasteiger charge is -2.08. The van der Waals surface area contributed by atoms with Crippen molar-refractivity contribution < 1.29 is 9.09 Å². The highest BCUT2D eigenvalue weighted by molar-refractivity contribution is 7.72. The summed E-state index contributed by atoms with van der Waals surface area (Å²) in [7, 11) is -1.58. The Hall–Kier alpha value is -0.180. The van der Waals surface area contributed by atoms with Crippen LogP contribution < -0.4 is 5.09 Å². The van der Waals surface area contributed by atoms with Crippen molar-refractivity contribution in [1.82, 2.24) is 5.09 Å². The fraction of sp³-hybridized carbons (Fsp3) is 0.750. The maximum Gasteiger partial charge on any atom is 0.309 e. The molecule has 0 aromatic carbocycles. The van der Waals surface area contributed by atoms with Crippen LogP contribution in [0.25, 0.3) is 0 Å². The van der Waals surface area contributed by atoms with Gasteiger partial charge >= 0.3 is 7.52 Å². The van der Waals surface area contributed by atoms with Gasteiger partial charge in [0.1, 0.15) is 0 Å². The Morgan fingerprint density at radius 3 is 2.56 bits per heavy atom. The first kappa shape index (κ1) is 8.82. The molecule has 1 unspecified atom stereocenters. The van der Waals surface area contributed by atoms with E-state index in [1.165, 1.54) is 7.11 Å². The van der Waals surface area contributed by atoms with Gasteiger partial charge in [0, 0.05) is 13.7 Å². The Morgan fingerprint density at radius 1 is 1.89 bits per heavy atom. The minimum atomic E-state index is -2.89. The number of nitrogens with one attached hydrogen (secondary N) is 2. The molecule has 0 fully saturated rings. The van der Waals surface area contributed by atoms with Crippen LogP contribution in [0, 0.1) is 5.41 Å². The second-order valence-corrected chi connectivity index (χ2v) is 3.55. The topological polar surface area (TPSA) is 62.2 Å². The molecule has 0 amide bonds. The van der Waals surface area contributed by atoms with E-state index in [0.29, 0.717) is 6.54 Å². The third kappa shape index (κ3) is 2.75. The summed E-state index contributed by atoms with van der Waals surface area (Å²) < 4.78 is 15.5. The van der Waals surface area contributed by atoms with Gasteiger partial charge in [-0.25, -0.2) is 5.09 Å². The lowest BCUT2D eigenvalue weighted by Crippen LogP contribution is -2.10. The van der Waals surface area contributed by atoms with E-state index >= 15 is 0 Å². The summed E-state index contributed by atoms with van der Waals surface area (Å²) in [4.78, 5) is 0. The molecule has 0 aromatic rings. The predicted molar refractivity (Wildman–Crippen MR) is 37.1 cm³/mol. The first-order chi connectivity index (χ1) is 4.18. The molecule has 0 aliphatic rings. The molecule has 0 saturated heterocycles. The van der Waals surface area contributed by atoms with Crippen LogP contribution in [0.3, 0.4) is 0 Å². The van der Waals surface area contributed by atoms with Crippen LogP contribution >= 0.6 is 7.52 Å². The smallest absolute Gasteiger partial charge is 0.309 e. The van der Waals surface area contributed by atoms with E-state index < -0.39 is 7.52 Å². The molecule has 4 nitrogen and oxygen atoms in total. The normalized spacial score (nSPS) is 16.7. The van der Waals surface area contributed by atoms with Crippen LogP contribution in [0.4, 0.5) is 0 Å². The Kier molecular flexibility index (Phi) is 3.70. The number of hydrogen-bond donors (Lipinski definition) is 2. The van der Waals surface area contributed by atoms with Crippen LogP contribution in [-0.2, 0) is 9.09 Å². The largest absolute Gasteiger partial charge is 0.317 e. The minimum absolute atomic E-state index is 0.542. The standard InChI is InChI=1S/C4H11N2O2P/c1-3-6-9(7,4-5)8-2/h4-5H,3H2,1-2H3,(H,6,7). The zero-order valence-electron chi connectivity index (χ0n) is 5.55. The van der Waals surface area contributed by atoms with E-state index in [9.17, 15) is 4.57 Å². The summed E-state index contributed by atoms with van der Waals surface area (Å²) in [5, 5.41) is 9.23. The average Bonchev–Trinajstić information content (AvgIpc) is 1.89. The minimum Gasteiger partial charge on any atom is -0.317 e. The Morgan fingerprint density at radius 2 is 2.44 bits per heavy atom. The zero-order valence-corrected chi connectivity index (χ0v) is 6.44. The molecular weight excluding hydrogens is 139 g/mol.